The summed E-state index contributed by atoms with van der Waals surface area (Å²) in [6, 6.07) is 0. The van der Waals surface area contributed by atoms with Crippen molar-refractivity contribution in [2.45, 2.75) is 178 Å². The Morgan fingerprint density at radius 2 is 1.58 bits per heavy atom. The number of allylic oxidation sites excluding steroid dienone is 3. The number of hydrogen-bond acceptors (Lipinski definition) is 9. The maximum atomic E-state index is 11.7. The smallest absolute Gasteiger partial charge is 0.334 e. The van der Waals surface area contributed by atoms with E-state index >= 15 is 0 Å². The second-order valence-corrected chi connectivity index (χ2v) is 13.9. The maximum Gasteiger partial charge on any atom is 0.334 e. The predicted molar refractivity (Wildman–Crippen MR) is 195 cm³/mol. The molecule has 0 spiro atoms. The van der Waals surface area contributed by atoms with Gasteiger partial charge in [0, 0.05) is 26.2 Å². The molecule has 284 valence electrons. The summed E-state index contributed by atoms with van der Waals surface area (Å²) in [5.74, 6) is 6.17. The molecule has 0 saturated carbocycles. The molecule has 0 radical (unpaired) electrons. The highest BCUT2D eigenvalue weighted by molar-refractivity contribution is 5.90. The first kappa shape index (κ1) is 42.4. The summed E-state index contributed by atoms with van der Waals surface area (Å²) >= 11 is 0. The number of aliphatic hydroxyl groups is 1. The maximum absolute atomic E-state index is 11.7. The Morgan fingerprint density at radius 3 is 2.32 bits per heavy atom. The molecule has 3 aliphatic rings. The fourth-order valence-electron chi connectivity index (χ4n) is 6.93. The largest absolute Gasteiger partial charge is 0.455 e. The first-order chi connectivity index (χ1) is 24.4. The topological polar surface area (TPSA) is 102 Å². The number of unbranched alkanes of at least 4 members (excludes halogenated alkanes) is 6. The van der Waals surface area contributed by atoms with Crippen molar-refractivity contribution < 1.29 is 43.1 Å². The van der Waals surface area contributed by atoms with Crippen molar-refractivity contribution in [3.63, 3.8) is 0 Å². The Morgan fingerprint density at radius 1 is 0.880 bits per heavy atom. The summed E-state index contributed by atoms with van der Waals surface area (Å²) in [5, 5.41) is 10.1. The Balaban J connectivity index is 1.34. The van der Waals surface area contributed by atoms with Crippen LogP contribution in [0.5, 0.6) is 0 Å². The number of aliphatic hydroxyl groups excluding tert-OH is 1. The molecule has 50 heavy (non-hydrogen) atoms. The van der Waals surface area contributed by atoms with Crippen molar-refractivity contribution in [3.05, 3.63) is 36.0 Å². The number of esters is 1. The van der Waals surface area contributed by atoms with Gasteiger partial charge in [0.1, 0.15) is 25.8 Å². The van der Waals surface area contributed by atoms with Gasteiger partial charge in [0.2, 0.25) is 0 Å². The second kappa shape index (κ2) is 25.8. The van der Waals surface area contributed by atoms with E-state index in [4.69, 9.17) is 33.2 Å². The summed E-state index contributed by atoms with van der Waals surface area (Å²) in [5.41, 5.74) is 0.793. The van der Waals surface area contributed by atoms with Gasteiger partial charge in [-0.2, -0.15) is 0 Å². The molecule has 0 aromatic rings. The van der Waals surface area contributed by atoms with E-state index in [1.54, 1.807) is 14.2 Å². The van der Waals surface area contributed by atoms with E-state index in [2.05, 4.69) is 37.0 Å². The van der Waals surface area contributed by atoms with Crippen LogP contribution in [0.2, 0.25) is 0 Å². The van der Waals surface area contributed by atoms with Crippen LogP contribution >= 0.6 is 0 Å². The average molecular weight is 703 g/mol. The van der Waals surface area contributed by atoms with Gasteiger partial charge in [-0.25, -0.2) is 4.79 Å². The van der Waals surface area contributed by atoms with E-state index < -0.39 is 0 Å². The minimum atomic E-state index is -0.175. The van der Waals surface area contributed by atoms with E-state index in [0.29, 0.717) is 0 Å². The SMILES string of the molecule is CCCC[C@H](O)CCCCC[C@@H](OCOC)[C@H]1CC[C@H]([C@H]2CC[C@H]([C@@H](/C=C/CCCC#C/C=C/CCCC3=C[C@H](C)OC3=O)OCOC)O2)O1. The van der Waals surface area contributed by atoms with E-state index in [0.717, 1.165) is 121 Å². The highest BCUT2D eigenvalue weighted by atomic mass is 16.7. The second-order valence-electron chi connectivity index (χ2n) is 13.9. The third-order valence-electron chi connectivity index (χ3n) is 9.67. The monoisotopic (exact) mass is 702 g/mol. The molecule has 0 aliphatic carbocycles. The van der Waals surface area contributed by atoms with E-state index in [9.17, 15) is 9.90 Å². The van der Waals surface area contributed by atoms with E-state index in [1.165, 1.54) is 0 Å². The van der Waals surface area contributed by atoms with E-state index in [-0.39, 0.29) is 68.4 Å². The summed E-state index contributed by atoms with van der Waals surface area (Å²) < 4.78 is 40.9. The number of hydrogen-bond donors (Lipinski definition) is 1. The normalized spacial score (nSPS) is 25.6. The zero-order valence-electron chi connectivity index (χ0n) is 31.4. The van der Waals surface area contributed by atoms with Crippen LogP contribution in [0.4, 0.5) is 0 Å². The van der Waals surface area contributed by atoms with Crippen LogP contribution in [0.3, 0.4) is 0 Å². The Kier molecular flexibility index (Phi) is 21.9. The molecule has 1 N–H and O–H groups in total. The van der Waals surface area contributed by atoms with Crippen molar-refractivity contribution in [1.29, 1.82) is 0 Å². The molecule has 9 heteroatoms. The van der Waals surface area contributed by atoms with Gasteiger partial charge < -0.3 is 38.3 Å². The van der Waals surface area contributed by atoms with Crippen LogP contribution in [0.15, 0.2) is 36.0 Å². The molecule has 0 aromatic carbocycles. The summed E-state index contributed by atoms with van der Waals surface area (Å²) in [6.45, 7) is 4.53. The molecule has 3 aliphatic heterocycles. The number of carbonyl (C=O) groups excluding carboxylic acids is 1. The molecule has 0 bridgehead atoms. The number of ether oxygens (including phenoxy) is 7. The Labute approximate surface area is 302 Å². The van der Waals surface area contributed by atoms with Crippen LogP contribution in [0, 0.1) is 11.8 Å². The molecule has 2 saturated heterocycles. The zero-order chi connectivity index (χ0) is 35.8. The van der Waals surface area contributed by atoms with Gasteiger partial charge in [-0.3, -0.25) is 0 Å². The van der Waals surface area contributed by atoms with Gasteiger partial charge >= 0.3 is 5.97 Å². The number of methoxy groups -OCH3 is 2. The molecule has 3 rings (SSSR count). The van der Waals surface area contributed by atoms with Crippen LogP contribution in [-0.4, -0.2) is 87.7 Å². The Hall–Kier alpha value is -2.03. The molecule has 0 unspecified atom stereocenters. The average Bonchev–Trinajstić information content (AvgIpc) is 3.87. The lowest BCUT2D eigenvalue weighted by Crippen LogP contribution is -2.34. The van der Waals surface area contributed by atoms with Crippen molar-refractivity contribution in [2.24, 2.45) is 0 Å². The highest BCUT2D eigenvalue weighted by Crippen LogP contribution is 2.35. The summed E-state index contributed by atoms with van der Waals surface area (Å²) in [4.78, 5) is 11.7. The lowest BCUT2D eigenvalue weighted by atomic mass is 10.0. The van der Waals surface area contributed by atoms with Gasteiger partial charge in [0.15, 0.2) is 0 Å². The molecule has 2 fully saturated rings. The van der Waals surface area contributed by atoms with Crippen molar-refractivity contribution in [3.8, 4) is 11.8 Å². The summed E-state index contributed by atoms with van der Waals surface area (Å²) in [6.07, 6.45) is 27.0. The molecular formula is C41H66O9. The molecule has 3 heterocycles. The lowest BCUT2D eigenvalue weighted by Gasteiger charge is -2.26. The first-order valence-corrected chi connectivity index (χ1v) is 19.4. The van der Waals surface area contributed by atoms with Crippen LogP contribution in [0.25, 0.3) is 0 Å². The van der Waals surface area contributed by atoms with Gasteiger partial charge in [-0.05, 0) is 96.1 Å². The lowest BCUT2D eigenvalue weighted by molar-refractivity contribution is -0.151. The van der Waals surface area contributed by atoms with Gasteiger partial charge in [-0.1, -0.05) is 69.1 Å². The minimum absolute atomic E-state index is 0.000922. The van der Waals surface area contributed by atoms with Crippen LogP contribution in [0.1, 0.15) is 129 Å². The molecule has 8 atom stereocenters. The minimum Gasteiger partial charge on any atom is -0.455 e. The fraction of sp³-hybridized carbons (Fsp3) is 0.780. The standard InChI is InChI=1S/C41H66O9/c1-5-6-21-34(42)22-17-15-19-24-36(47-31-45-4)38-26-28-40(50-38)39-27-25-37(49-39)35(46-30-44-3)23-18-14-12-10-8-7-9-11-13-16-20-33-29-32(2)48-41(33)43/h9,11,18,23,29,32,34-40,42H,5-6,10,12-17,19-22,24-28,30-31H2,1-4H3/b11-9+,23-18+/t32-,34-,35+,36+,37+,38+,39+,40+/m0/s1. The molecular weight excluding hydrogens is 636 g/mol. The predicted octanol–water partition coefficient (Wildman–Crippen LogP) is 7.89. The first-order valence-electron chi connectivity index (χ1n) is 19.4. The molecule has 0 amide bonds. The van der Waals surface area contributed by atoms with Crippen LogP contribution < -0.4 is 0 Å². The van der Waals surface area contributed by atoms with Gasteiger partial charge in [-0.15, -0.1) is 0 Å². The van der Waals surface area contributed by atoms with Crippen molar-refractivity contribution in [2.75, 3.05) is 27.8 Å². The quantitative estimate of drug-likeness (QED) is 0.0317. The number of cyclic esters (lactones) is 1. The highest BCUT2D eigenvalue weighted by Gasteiger charge is 2.41. The molecule has 9 nitrogen and oxygen atoms in total. The third-order valence-corrected chi connectivity index (χ3v) is 9.67. The zero-order valence-corrected chi connectivity index (χ0v) is 31.4. The number of carbonyl (C=O) groups is 1. The van der Waals surface area contributed by atoms with Crippen molar-refractivity contribution in [1.82, 2.24) is 0 Å². The fourth-order valence-corrected chi connectivity index (χ4v) is 6.93. The van der Waals surface area contributed by atoms with Gasteiger partial charge in [0.05, 0.1) is 36.6 Å². The number of rotatable bonds is 26. The van der Waals surface area contributed by atoms with Crippen LogP contribution in [-0.2, 0) is 38.0 Å². The van der Waals surface area contributed by atoms with E-state index in [1.807, 2.05) is 19.1 Å². The van der Waals surface area contributed by atoms with Gasteiger partial charge in [0.25, 0.3) is 0 Å². The van der Waals surface area contributed by atoms with Crippen molar-refractivity contribution >= 4 is 5.97 Å². The summed E-state index contributed by atoms with van der Waals surface area (Å²) in [7, 11) is 3.30. The third kappa shape index (κ3) is 16.5. The Bertz CT molecular complexity index is 1080. The molecule has 0 aromatic heterocycles.